The maximum absolute atomic E-state index is 11.7. The van der Waals surface area contributed by atoms with Crippen LogP contribution in [0.25, 0.3) is 11.0 Å². The molecule has 1 aromatic heterocycles. The van der Waals surface area contributed by atoms with Gasteiger partial charge in [0.15, 0.2) is 5.52 Å². The molecular weight excluding hydrogens is 278 g/mol. The topological polar surface area (TPSA) is 123 Å². The minimum atomic E-state index is -0.653. The van der Waals surface area contributed by atoms with E-state index in [9.17, 15) is 14.9 Å². The number of nitrogens with zero attached hydrogens (tertiary/aromatic N) is 3. The molecule has 0 aliphatic rings. The summed E-state index contributed by atoms with van der Waals surface area (Å²) in [7, 11) is 1.57. The van der Waals surface area contributed by atoms with Crippen LogP contribution in [0.2, 0.25) is 0 Å². The van der Waals surface area contributed by atoms with Crippen LogP contribution in [0, 0.1) is 15.5 Å². The van der Waals surface area contributed by atoms with Crippen molar-refractivity contribution in [3.05, 3.63) is 22.2 Å². The first-order valence-corrected chi connectivity index (χ1v) is 6.22. The zero-order valence-electron chi connectivity index (χ0n) is 11.8. The number of anilines is 1. The molecule has 0 spiro atoms. The van der Waals surface area contributed by atoms with Crippen LogP contribution in [-0.2, 0) is 4.79 Å². The molecule has 2 aromatic rings. The van der Waals surface area contributed by atoms with Crippen molar-refractivity contribution in [3.8, 4) is 0 Å². The highest BCUT2D eigenvalue weighted by molar-refractivity contribution is 5.93. The molecule has 0 saturated carbocycles. The SMILES string of the molecule is CNC(=O)C(C)(C)CNc1ccc([N+](=O)[O-])c2nonc12. The first-order valence-electron chi connectivity index (χ1n) is 6.22. The maximum atomic E-state index is 11.7. The lowest BCUT2D eigenvalue weighted by Gasteiger charge is -2.23. The number of nitro groups is 1. The van der Waals surface area contributed by atoms with Gasteiger partial charge in [-0.05, 0) is 30.2 Å². The number of non-ortho nitro benzene ring substituents is 1. The Morgan fingerprint density at radius 2 is 2.05 bits per heavy atom. The van der Waals surface area contributed by atoms with Crippen LogP contribution in [0.15, 0.2) is 16.8 Å². The summed E-state index contributed by atoms with van der Waals surface area (Å²) in [6.07, 6.45) is 0. The van der Waals surface area contributed by atoms with Crippen molar-refractivity contribution in [2.45, 2.75) is 13.8 Å². The van der Waals surface area contributed by atoms with E-state index in [1.54, 1.807) is 20.9 Å². The number of benzene rings is 1. The fourth-order valence-electron chi connectivity index (χ4n) is 1.88. The average Bonchev–Trinajstić information content (AvgIpc) is 2.92. The third-order valence-electron chi connectivity index (χ3n) is 3.15. The highest BCUT2D eigenvalue weighted by atomic mass is 16.6. The third kappa shape index (κ3) is 2.76. The molecule has 1 amide bonds. The third-order valence-corrected chi connectivity index (χ3v) is 3.15. The second-order valence-electron chi connectivity index (χ2n) is 5.17. The minimum Gasteiger partial charge on any atom is -0.382 e. The lowest BCUT2D eigenvalue weighted by Crippen LogP contribution is -2.39. The fraction of sp³-hybridized carbons (Fsp3) is 0.417. The van der Waals surface area contributed by atoms with Gasteiger partial charge in [0.2, 0.25) is 11.4 Å². The Hall–Kier alpha value is -2.71. The predicted molar refractivity (Wildman–Crippen MR) is 74.8 cm³/mol. The van der Waals surface area contributed by atoms with Gasteiger partial charge in [-0.15, -0.1) is 0 Å². The molecule has 1 aromatic carbocycles. The Bertz CT molecular complexity index is 694. The van der Waals surface area contributed by atoms with Crippen molar-refractivity contribution in [2.24, 2.45) is 5.41 Å². The summed E-state index contributed by atoms with van der Waals surface area (Å²) in [6.45, 7) is 3.89. The van der Waals surface area contributed by atoms with Crippen molar-refractivity contribution in [2.75, 3.05) is 18.9 Å². The van der Waals surface area contributed by atoms with Gasteiger partial charge in [0.05, 0.1) is 16.0 Å². The van der Waals surface area contributed by atoms with Gasteiger partial charge in [-0.3, -0.25) is 14.9 Å². The predicted octanol–water partition coefficient (Wildman–Crippen LogP) is 1.32. The molecule has 0 unspecified atom stereocenters. The number of nitro benzene ring substituents is 1. The molecule has 0 bridgehead atoms. The molecule has 21 heavy (non-hydrogen) atoms. The van der Waals surface area contributed by atoms with Crippen molar-refractivity contribution >= 4 is 28.3 Å². The van der Waals surface area contributed by atoms with Crippen molar-refractivity contribution < 1.29 is 14.3 Å². The van der Waals surface area contributed by atoms with Gasteiger partial charge in [0.1, 0.15) is 0 Å². The zero-order chi connectivity index (χ0) is 15.6. The van der Waals surface area contributed by atoms with Gasteiger partial charge in [-0.1, -0.05) is 0 Å². The van der Waals surface area contributed by atoms with Crippen LogP contribution >= 0.6 is 0 Å². The molecule has 9 nitrogen and oxygen atoms in total. The number of carbonyl (C=O) groups excluding carboxylic acids is 1. The Labute approximate surface area is 119 Å². The van der Waals surface area contributed by atoms with Crippen LogP contribution < -0.4 is 10.6 Å². The maximum Gasteiger partial charge on any atom is 0.300 e. The van der Waals surface area contributed by atoms with Crippen molar-refractivity contribution in [1.82, 2.24) is 15.6 Å². The molecule has 0 aliphatic heterocycles. The highest BCUT2D eigenvalue weighted by Gasteiger charge is 2.27. The zero-order valence-corrected chi connectivity index (χ0v) is 11.8. The minimum absolute atomic E-state index is 0.0720. The number of fused-ring (bicyclic) bond motifs is 1. The Kier molecular flexibility index (Phi) is 3.74. The van der Waals surface area contributed by atoms with E-state index in [0.29, 0.717) is 12.2 Å². The molecule has 0 radical (unpaired) electrons. The van der Waals surface area contributed by atoms with Gasteiger partial charge in [-0.25, -0.2) is 4.63 Å². The summed E-state index contributed by atoms with van der Waals surface area (Å²) >= 11 is 0. The van der Waals surface area contributed by atoms with Gasteiger partial charge < -0.3 is 10.6 Å². The number of hydrogen-bond acceptors (Lipinski definition) is 7. The average molecular weight is 293 g/mol. The number of aromatic nitrogens is 2. The van der Waals surface area contributed by atoms with Crippen LogP contribution in [0.3, 0.4) is 0 Å². The van der Waals surface area contributed by atoms with Gasteiger partial charge in [0, 0.05) is 19.7 Å². The van der Waals surface area contributed by atoms with E-state index < -0.39 is 10.3 Å². The van der Waals surface area contributed by atoms with Gasteiger partial charge in [-0.2, -0.15) is 0 Å². The molecule has 1 heterocycles. The summed E-state index contributed by atoms with van der Waals surface area (Å²) in [5, 5.41) is 23.7. The molecule has 0 aliphatic carbocycles. The summed E-state index contributed by atoms with van der Waals surface area (Å²) in [6, 6.07) is 2.84. The summed E-state index contributed by atoms with van der Waals surface area (Å²) in [5.74, 6) is -0.119. The summed E-state index contributed by atoms with van der Waals surface area (Å²) in [5.41, 5.74) is 0.0239. The molecule has 0 atom stereocenters. The van der Waals surface area contributed by atoms with E-state index in [1.165, 1.54) is 12.1 Å². The first kappa shape index (κ1) is 14.7. The second-order valence-corrected chi connectivity index (χ2v) is 5.17. The molecule has 9 heteroatoms. The van der Waals surface area contributed by atoms with Gasteiger partial charge >= 0.3 is 5.69 Å². The van der Waals surface area contributed by atoms with Crippen LogP contribution in [0.4, 0.5) is 11.4 Å². The largest absolute Gasteiger partial charge is 0.382 e. The lowest BCUT2D eigenvalue weighted by atomic mass is 9.92. The monoisotopic (exact) mass is 293 g/mol. The number of amides is 1. The first-order chi connectivity index (χ1) is 9.86. The van der Waals surface area contributed by atoms with E-state index >= 15 is 0 Å². The second kappa shape index (κ2) is 5.35. The smallest absolute Gasteiger partial charge is 0.300 e. The molecule has 2 N–H and O–H groups in total. The number of hydrogen-bond donors (Lipinski definition) is 2. The van der Waals surface area contributed by atoms with E-state index in [4.69, 9.17) is 0 Å². The molecule has 112 valence electrons. The lowest BCUT2D eigenvalue weighted by molar-refractivity contribution is -0.383. The van der Waals surface area contributed by atoms with Crippen molar-refractivity contribution in [3.63, 3.8) is 0 Å². The normalized spacial score (nSPS) is 11.4. The fourth-order valence-corrected chi connectivity index (χ4v) is 1.88. The molecule has 0 saturated heterocycles. The standard InChI is InChI=1S/C12H15N5O4/c1-12(2,11(18)13-3)6-14-7-4-5-8(17(19)20)10-9(7)15-21-16-10/h4-5,14H,6H2,1-3H3,(H,13,18). The Morgan fingerprint density at radius 3 is 2.67 bits per heavy atom. The molecule has 2 rings (SSSR count). The molecular formula is C12H15N5O4. The van der Waals surface area contributed by atoms with Gasteiger partial charge in [0.25, 0.3) is 0 Å². The number of carbonyl (C=O) groups is 1. The van der Waals surface area contributed by atoms with Crippen LogP contribution in [0.1, 0.15) is 13.8 Å². The molecule has 0 fully saturated rings. The van der Waals surface area contributed by atoms with Crippen LogP contribution in [0.5, 0.6) is 0 Å². The van der Waals surface area contributed by atoms with Crippen molar-refractivity contribution in [1.29, 1.82) is 0 Å². The quantitative estimate of drug-likeness (QED) is 0.629. The van der Waals surface area contributed by atoms with E-state index in [2.05, 4.69) is 25.6 Å². The Morgan fingerprint density at radius 1 is 1.38 bits per heavy atom. The van der Waals surface area contributed by atoms with E-state index in [1.807, 2.05) is 0 Å². The van der Waals surface area contributed by atoms with Crippen LogP contribution in [-0.4, -0.2) is 34.7 Å². The number of rotatable bonds is 5. The summed E-state index contributed by atoms with van der Waals surface area (Å²) < 4.78 is 4.57. The van der Waals surface area contributed by atoms with E-state index in [-0.39, 0.29) is 22.6 Å². The highest BCUT2D eigenvalue weighted by Crippen LogP contribution is 2.29. The van der Waals surface area contributed by atoms with E-state index in [0.717, 1.165) is 0 Å². The Balaban J connectivity index is 2.28. The summed E-state index contributed by atoms with van der Waals surface area (Å²) in [4.78, 5) is 22.1. The number of nitrogens with one attached hydrogen (secondary N) is 2.